The molecule has 2 aromatic rings. The molecule has 31 heavy (non-hydrogen) atoms. The summed E-state index contributed by atoms with van der Waals surface area (Å²) in [5, 5.41) is 16.4. The van der Waals surface area contributed by atoms with Gasteiger partial charge < -0.3 is 10.1 Å². The molecule has 1 atom stereocenters. The maximum Gasteiger partial charge on any atom is 0.220 e. The van der Waals surface area contributed by atoms with Gasteiger partial charge in [0, 0.05) is 18.7 Å². The van der Waals surface area contributed by atoms with Crippen LogP contribution >= 0.6 is 0 Å². The van der Waals surface area contributed by atoms with Crippen molar-refractivity contribution in [3.63, 3.8) is 0 Å². The molecular weight excluding hydrogens is 390 g/mol. The van der Waals surface area contributed by atoms with Crippen LogP contribution in [0.3, 0.4) is 0 Å². The van der Waals surface area contributed by atoms with Gasteiger partial charge in [-0.25, -0.2) is 0 Å². The van der Waals surface area contributed by atoms with Gasteiger partial charge in [0.2, 0.25) is 5.91 Å². The molecule has 0 aliphatic heterocycles. The van der Waals surface area contributed by atoms with Gasteiger partial charge >= 0.3 is 0 Å². The molecule has 1 N–H and O–H groups in total. The number of methoxy groups -OCH3 is 1. The normalized spacial score (nSPS) is 11.9. The van der Waals surface area contributed by atoms with Crippen molar-refractivity contribution >= 4 is 5.91 Å². The standard InChI is InChI=1S/C24H35N5O2/c1-6-28(7-2)23(20-10-8-11-21(16-20)31-5)17-26-24(30)13-12-22-18(3)27-29(19(22)4)15-9-14-25/h8,10-11,16,23H,6-7,9,12-13,15,17H2,1-5H3,(H,26,30). The summed E-state index contributed by atoms with van der Waals surface area (Å²) in [5.41, 5.74) is 4.20. The van der Waals surface area contributed by atoms with Crippen molar-refractivity contribution in [2.45, 2.75) is 59.5 Å². The van der Waals surface area contributed by atoms with Crippen LogP contribution < -0.4 is 10.1 Å². The first kappa shape index (κ1) is 24.4. The van der Waals surface area contributed by atoms with E-state index in [9.17, 15) is 4.79 Å². The summed E-state index contributed by atoms with van der Waals surface area (Å²) in [4.78, 5) is 15.0. The van der Waals surface area contributed by atoms with Crippen LogP contribution in [0.5, 0.6) is 5.75 Å². The molecule has 7 nitrogen and oxygen atoms in total. The molecule has 1 aromatic carbocycles. The van der Waals surface area contributed by atoms with Gasteiger partial charge in [0.1, 0.15) is 5.75 Å². The molecule has 0 saturated heterocycles. The zero-order valence-electron chi connectivity index (χ0n) is 19.4. The van der Waals surface area contributed by atoms with Crippen molar-refractivity contribution in [1.82, 2.24) is 20.0 Å². The number of amides is 1. The van der Waals surface area contributed by atoms with Crippen molar-refractivity contribution in [2.75, 3.05) is 26.7 Å². The quantitative estimate of drug-likeness (QED) is 0.562. The Bertz CT molecular complexity index is 896. The van der Waals surface area contributed by atoms with Crippen molar-refractivity contribution < 1.29 is 9.53 Å². The lowest BCUT2D eigenvalue weighted by molar-refractivity contribution is -0.121. The highest BCUT2D eigenvalue weighted by Crippen LogP contribution is 2.24. The van der Waals surface area contributed by atoms with Gasteiger partial charge in [-0.2, -0.15) is 10.4 Å². The molecule has 2 rings (SSSR count). The second-order valence-electron chi connectivity index (χ2n) is 7.60. The fraction of sp³-hybridized carbons (Fsp3) is 0.542. The van der Waals surface area contributed by atoms with Crippen LogP contribution in [0, 0.1) is 25.2 Å². The lowest BCUT2D eigenvalue weighted by atomic mass is 10.0. The van der Waals surface area contributed by atoms with Crippen molar-refractivity contribution in [2.24, 2.45) is 0 Å². The molecule has 0 spiro atoms. The van der Waals surface area contributed by atoms with Gasteiger partial charge in [-0.3, -0.25) is 14.4 Å². The molecule has 0 aliphatic carbocycles. The third-order valence-electron chi connectivity index (χ3n) is 5.79. The molecule has 1 unspecified atom stereocenters. The van der Waals surface area contributed by atoms with Crippen LogP contribution in [0.1, 0.15) is 55.2 Å². The maximum atomic E-state index is 12.7. The van der Waals surface area contributed by atoms with Crippen molar-refractivity contribution in [3.05, 3.63) is 46.8 Å². The Morgan fingerprint density at radius 2 is 2.06 bits per heavy atom. The van der Waals surface area contributed by atoms with E-state index in [2.05, 4.69) is 41.3 Å². The lowest BCUT2D eigenvalue weighted by Gasteiger charge is -2.30. The number of hydrogen-bond donors (Lipinski definition) is 1. The Morgan fingerprint density at radius 1 is 1.32 bits per heavy atom. The van der Waals surface area contributed by atoms with E-state index < -0.39 is 0 Å². The van der Waals surface area contributed by atoms with E-state index in [1.807, 2.05) is 36.7 Å². The monoisotopic (exact) mass is 425 g/mol. The largest absolute Gasteiger partial charge is 0.497 e. The highest BCUT2D eigenvalue weighted by atomic mass is 16.5. The molecule has 1 aromatic heterocycles. The van der Waals surface area contributed by atoms with E-state index in [1.54, 1.807) is 7.11 Å². The Hall–Kier alpha value is -2.85. The van der Waals surface area contributed by atoms with Crippen molar-refractivity contribution in [3.8, 4) is 11.8 Å². The number of carbonyl (C=O) groups is 1. The fourth-order valence-electron chi connectivity index (χ4n) is 3.98. The predicted molar refractivity (Wildman–Crippen MR) is 122 cm³/mol. The smallest absolute Gasteiger partial charge is 0.220 e. The SMILES string of the molecule is CCN(CC)C(CNC(=O)CCc1c(C)nn(CCC#N)c1C)c1cccc(OC)c1. The Kier molecular flexibility index (Phi) is 9.54. The Labute approximate surface area is 186 Å². The van der Waals surface area contributed by atoms with E-state index in [0.717, 1.165) is 41.4 Å². The zero-order valence-corrected chi connectivity index (χ0v) is 19.4. The highest BCUT2D eigenvalue weighted by molar-refractivity contribution is 5.76. The topological polar surface area (TPSA) is 83.2 Å². The molecule has 0 bridgehead atoms. The number of likely N-dealkylation sites (N-methyl/N-ethyl adjacent to an activating group) is 1. The number of nitriles is 1. The van der Waals surface area contributed by atoms with Gasteiger partial charge in [0.05, 0.1) is 37.9 Å². The fourth-order valence-corrected chi connectivity index (χ4v) is 3.98. The summed E-state index contributed by atoms with van der Waals surface area (Å²) < 4.78 is 7.25. The summed E-state index contributed by atoms with van der Waals surface area (Å²) in [6, 6.07) is 10.3. The minimum Gasteiger partial charge on any atom is -0.497 e. The number of hydrogen-bond acceptors (Lipinski definition) is 5. The third-order valence-corrected chi connectivity index (χ3v) is 5.79. The Morgan fingerprint density at radius 3 is 2.71 bits per heavy atom. The number of nitrogens with zero attached hydrogens (tertiary/aromatic N) is 4. The number of nitrogens with one attached hydrogen (secondary N) is 1. The van der Waals surface area contributed by atoms with Crippen LogP contribution in [-0.2, 0) is 17.8 Å². The molecule has 0 aliphatic rings. The minimum atomic E-state index is 0.0311. The zero-order chi connectivity index (χ0) is 22.8. The molecule has 0 fully saturated rings. The summed E-state index contributed by atoms with van der Waals surface area (Å²) in [5.74, 6) is 0.851. The molecule has 168 valence electrons. The number of carbonyl (C=O) groups excluding carboxylic acids is 1. The van der Waals surface area contributed by atoms with Gasteiger partial charge in [-0.1, -0.05) is 26.0 Å². The summed E-state index contributed by atoms with van der Waals surface area (Å²) >= 11 is 0. The first-order valence-electron chi connectivity index (χ1n) is 11.0. The van der Waals surface area contributed by atoms with E-state index in [4.69, 9.17) is 10.00 Å². The number of benzene rings is 1. The number of aryl methyl sites for hydroxylation is 2. The molecule has 1 heterocycles. The number of rotatable bonds is 12. The second-order valence-corrected chi connectivity index (χ2v) is 7.60. The number of aromatic nitrogens is 2. The van der Waals surface area contributed by atoms with Gasteiger partial charge in [0.25, 0.3) is 0 Å². The predicted octanol–water partition coefficient (Wildman–Crippen LogP) is 3.55. The average molecular weight is 426 g/mol. The van der Waals surface area contributed by atoms with Crippen LogP contribution in [0.25, 0.3) is 0 Å². The van der Waals surface area contributed by atoms with Gasteiger partial charge in [-0.15, -0.1) is 0 Å². The lowest BCUT2D eigenvalue weighted by Crippen LogP contribution is -2.38. The van der Waals surface area contributed by atoms with E-state index in [1.165, 1.54) is 0 Å². The van der Waals surface area contributed by atoms with E-state index in [-0.39, 0.29) is 11.9 Å². The second kappa shape index (κ2) is 12.1. The summed E-state index contributed by atoms with van der Waals surface area (Å²) in [7, 11) is 1.67. The minimum absolute atomic E-state index is 0.0311. The molecule has 7 heteroatoms. The van der Waals surface area contributed by atoms with Crippen LogP contribution in [0.15, 0.2) is 24.3 Å². The summed E-state index contributed by atoms with van der Waals surface area (Å²) in [6.07, 6.45) is 1.48. The van der Waals surface area contributed by atoms with Gasteiger partial charge in [-0.05, 0) is 56.6 Å². The Balaban J connectivity index is 2.01. The maximum absolute atomic E-state index is 12.7. The van der Waals surface area contributed by atoms with Crippen LogP contribution in [0.4, 0.5) is 0 Å². The first-order valence-corrected chi connectivity index (χ1v) is 11.0. The average Bonchev–Trinajstić information content (AvgIpc) is 3.06. The molecule has 0 radical (unpaired) electrons. The van der Waals surface area contributed by atoms with Crippen LogP contribution in [0.2, 0.25) is 0 Å². The number of ether oxygens (including phenoxy) is 1. The van der Waals surface area contributed by atoms with E-state index >= 15 is 0 Å². The molecular formula is C24H35N5O2. The van der Waals surface area contributed by atoms with Crippen LogP contribution in [-0.4, -0.2) is 47.3 Å². The van der Waals surface area contributed by atoms with Gasteiger partial charge in [0.15, 0.2) is 0 Å². The van der Waals surface area contributed by atoms with Crippen molar-refractivity contribution in [1.29, 1.82) is 5.26 Å². The molecule has 1 amide bonds. The molecule has 0 saturated carbocycles. The van der Waals surface area contributed by atoms with E-state index in [0.29, 0.717) is 32.4 Å². The third kappa shape index (κ3) is 6.56. The summed E-state index contributed by atoms with van der Waals surface area (Å²) in [6.45, 7) is 11.2. The highest BCUT2D eigenvalue weighted by Gasteiger charge is 2.20. The first-order chi connectivity index (χ1) is 14.9.